The molecular weight excluding hydrogens is 276 g/mol. The van der Waals surface area contributed by atoms with Crippen LogP contribution in [0.25, 0.3) is 0 Å². The van der Waals surface area contributed by atoms with Crippen LogP contribution in [0.1, 0.15) is 37.1 Å². The molecule has 3 rings (SSSR count). The van der Waals surface area contributed by atoms with E-state index in [-0.39, 0.29) is 0 Å². The monoisotopic (exact) mass is 300 g/mol. The molecule has 1 fully saturated rings. The first kappa shape index (κ1) is 15.0. The van der Waals surface area contributed by atoms with Gasteiger partial charge in [-0.2, -0.15) is 5.10 Å². The third-order valence-electron chi connectivity index (χ3n) is 4.33. The van der Waals surface area contributed by atoms with Crippen LogP contribution in [0.2, 0.25) is 0 Å². The second-order valence-electron chi connectivity index (χ2n) is 6.27. The topological polar surface area (TPSA) is 54.2 Å². The molecule has 0 aliphatic carbocycles. The van der Waals surface area contributed by atoms with Gasteiger partial charge in [-0.3, -0.25) is 4.68 Å². The van der Waals surface area contributed by atoms with Crippen molar-refractivity contribution in [3.05, 3.63) is 41.9 Å². The number of aliphatic hydroxyl groups is 1. The molecule has 0 amide bonds. The van der Waals surface area contributed by atoms with E-state index in [9.17, 15) is 5.11 Å². The lowest BCUT2D eigenvalue weighted by molar-refractivity contribution is 0.194. The summed E-state index contributed by atoms with van der Waals surface area (Å²) in [5.41, 5.74) is 1.96. The largest absolute Gasteiger partial charge is 0.387 e. The maximum Gasteiger partial charge on any atom is 0.128 e. The molecule has 118 valence electrons. The minimum atomic E-state index is -0.513. The third kappa shape index (κ3) is 3.47. The molecule has 1 saturated heterocycles. The molecule has 2 aromatic rings. The first-order valence-electron chi connectivity index (χ1n) is 8.01. The number of hydrogen-bond acceptors (Lipinski definition) is 4. The highest BCUT2D eigenvalue weighted by molar-refractivity contribution is 5.40. The van der Waals surface area contributed by atoms with Crippen LogP contribution >= 0.6 is 0 Å². The first-order valence-corrected chi connectivity index (χ1v) is 8.01. The Balaban J connectivity index is 1.58. The lowest BCUT2D eigenvalue weighted by Crippen LogP contribution is -2.35. The molecule has 1 N–H and O–H groups in total. The summed E-state index contributed by atoms with van der Waals surface area (Å²) < 4.78 is 2.06. The molecule has 22 heavy (non-hydrogen) atoms. The van der Waals surface area contributed by atoms with E-state index in [4.69, 9.17) is 0 Å². The van der Waals surface area contributed by atoms with Crippen LogP contribution in [0.15, 0.2) is 30.6 Å². The number of aromatic nitrogens is 3. The van der Waals surface area contributed by atoms with E-state index >= 15 is 0 Å². The van der Waals surface area contributed by atoms with Gasteiger partial charge in [0.2, 0.25) is 0 Å². The van der Waals surface area contributed by atoms with Crippen molar-refractivity contribution in [1.29, 1.82) is 0 Å². The van der Waals surface area contributed by atoms with E-state index in [0.29, 0.717) is 5.92 Å². The van der Waals surface area contributed by atoms with Gasteiger partial charge >= 0.3 is 0 Å². The van der Waals surface area contributed by atoms with Crippen molar-refractivity contribution in [1.82, 2.24) is 14.8 Å². The fraction of sp³-hybridized carbons (Fsp3) is 0.529. The number of piperidine rings is 1. The predicted molar refractivity (Wildman–Crippen MR) is 86.8 cm³/mol. The van der Waals surface area contributed by atoms with Gasteiger partial charge in [0.1, 0.15) is 5.82 Å². The molecule has 1 unspecified atom stereocenters. The van der Waals surface area contributed by atoms with Crippen LogP contribution in [0.3, 0.4) is 0 Å². The quantitative estimate of drug-likeness (QED) is 0.943. The Morgan fingerprint density at radius 1 is 1.32 bits per heavy atom. The molecule has 1 aliphatic heterocycles. The lowest BCUT2D eigenvalue weighted by Gasteiger charge is -2.33. The standard InChI is InChI=1S/C17H24N4O/c1-13-10-18-21(11-13)12-15-6-8-20(9-7-15)17-5-3-4-16(19-17)14(2)22/h3-5,10-11,14-15,22H,6-9,12H2,1-2H3. The molecule has 5 heteroatoms. The van der Waals surface area contributed by atoms with Crippen LogP contribution in [-0.4, -0.2) is 33.0 Å². The Labute approximate surface area is 131 Å². The second-order valence-corrected chi connectivity index (χ2v) is 6.27. The fourth-order valence-electron chi connectivity index (χ4n) is 3.02. The zero-order chi connectivity index (χ0) is 15.5. The second kappa shape index (κ2) is 6.48. The van der Waals surface area contributed by atoms with E-state index in [0.717, 1.165) is 44.0 Å². The van der Waals surface area contributed by atoms with Gasteiger partial charge in [0, 0.05) is 25.8 Å². The van der Waals surface area contributed by atoms with E-state index in [1.54, 1.807) is 6.92 Å². The Morgan fingerprint density at radius 3 is 2.73 bits per heavy atom. The molecule has 1 aliphatic rings. The zero-order valence-electron chi connectivity index (χ0n) is 13.3. The van der Waals surface area contributed by atoms with Crippen molar-refractivity contribution in [2.75, 3.05) is 18.0 Å². The summed E-state index contributed by atoms with van der Waals surface area (Å²) in [6.45, 7) is 6.86. The minimum absolute atomic E-state index is 0.513. The van der Waals surface area contributed by atoms with Gasteiger partial charge in [0.25, 0.3) is 0 Å². The highest BCUT2D eigenvalue weighted by Crippen LogP contribution is 2.24. The van der Waals surface area contributed by atoms with Crippen LogP contribution in [0, 0.1) is 12.8 Å². The van der Waals surface area contributed by atoms with Crippen molar-refractivity contribution in [2.45, 2.75) is 39.3 Å². The average Bonchev–Trinajstić information content (AvgIpc) is 2.93. The Bertz CT molecular complexity index is 615. The molecule has 0 radical (unpaired) electrons. The first-order chi connectivity index (χ1) is 10.6. The molecule has 0 saturated carbocycles. The summed E-state index contributed by atoms with van der Waals surface area (Å²) in [5, 5.41) is 14.0. The summed E-state index contributed by atoms with van der Waals surface area (Å²) >= 11 is 0. The van der Waals surface area contributed by atoms with E-state index < -0.39 is 6.10 Å². The number of nitrogens with zero attached hydrogens (tertiary/aromatic N) is 4. The Kier molecular flexibility index (Phi) is 4.43. The van der Waals surface area contributed by atoms with E-state index in [1.165, 1.54) is 5.56 Å². The molecule has 0 bridgehead atoms. The molecule has 2 aromatic heterocycles. The lowest BCUT2D eigenvalue weighted by atomic mass is 9.97. The van der Waals surface area contributed by atoms with Gasteiger partial charge in [0.15, 0.2) is 0 Å². The zero-order valence-corrected chi connectivity index (χ0v) is 13.3. The fourth-order valence-corrected chi connectivity index (χ4v) is 3.02. The number of rotatable bonds is 4. The Morgan fingerprint density at radius 2 is 2.09 bits per heavy atom. The van der Waals surface area contributed by atoms with Crippen LogP contribution in [0.4, 0.5) is 5.82 Å². The summed E-state index contributed by atoms with van der Waals surface area (Å²) in [5.74, 6) is 1.65. The van der Waals surface area contributed by atoms with E-state index in [2.05, 4.69) is 32.8 Å². The van der Waals surface area contributed by atoms with Crippen molar-refractivity contribution >= 4 is 5.82 Å². The summed E-state index contributed by atoms with van der Waals surface area (Å²) in [6.07, 6.45) is 5.82. The number of pyridine rings is 1. The highest BCUT2D eigenvalue weighted by atomic mass is 16.3. The Hall–Kier alpha value is -1.88. The number of hydrogen-bond donors (Lipinski definition) is 1. The third-order valence-corrected chi connectivity index (χ3v) is 4.33. The molecule has 1 atom stereocenters. The van der Waals surface area contributed by atoms with Crippen LogP contribution in [0.5, 0.6) is 0 Å². The van der Waals surface area contributed by atoms with E-state index in [1.807, 2.05) is 24.4 Å². The number of aliphatic hydroxyl groups excluding tert-OH is 1. The predicted octanol–water partition coefficient (Wildman–Crippen LogP) is 2.56. The van der Waals surface area contributed by atoms with Crippen molar-refractivity contribution < 1.29 is 5.11 Å². The molecular formula is C17H24N4O. The summed E-state index contributed by atoms with van der Waals surface area (Å²) in [4.78, 5) is 6.88. The van der Waals surface area contributed by atoms with Crippen molar-refractivity contribution in [3.8, 4) is 0 Å². The smallest absolute Gasteiger partial charge is 0.128 e. The summed E-state index contributed by atoms with van der Waals surface area (Å²) in [7, 11) is 0. The van der Waals surface area contributed by atoms with Gasteiger partial charge in [-0.15, -0.1) is 0 Å². The van der Waals surface area contributed by atoms with Crippen molar-refractivity contribution in [2.24, 2.45) is 5.92 Å². The SMILES string of the molecule is Cc1cnn(CC2CCN(c3cccc(C(C)O)n3)CC2)c1. The highest BCUT2D eigenvalue weighted by Gasteiger charge is 2.21. The van der Waals surface area contributed by atoms with Gasteiger partial charge in [-0.05, 0) is 50.3 Å². The molecule has 3 heterocycles. The van der Waals surface area contributed by atoms with Gasteiger partial charge in [-0.25, -0.2) is 4.98 Å². The van der Waals surface area contributed by atoms with Gasteiger partial charge < -0.3 is 10.0 Å². The van der Waals surface area contributed by atoms with Gasteiger partial charge in [-0.1, -0.05) is 6.07 Å². The average molecular weight is 300 g/mol. The molecule has 5 nitrogen and oxygen atoms in total. The minimum Gasteiger partial charge on any atom is -0.387 e. The van der Waals surface area contributed by atoms with Crippen molar-refractivity contribution in [3.63, 3.8) is 0 Å². The van der Waals surface area contributed by atoms with Crippen LogP contribution < -0.4 is 4.90 Å². The maximum atomic E-state index is 9.66. The number of aryl methyl sites for hydroxylation is 1. The summed E-state index contributed by atoms with van der Waals surface area (Å²) in [6, 6.07) is 5.88. The number of anilines is 1. The van der Waals surface area contributed by atoms with Gasteiger partial charge in [0.05, 0.1) is 18.0 Å². The maximum absolute atomic E-state index is 9.66. The molecule has 0 spiro atoms. The van der Waals surface area contributed by atoms with Crippen LogP contribution in [-0.2, 0) is 6.54 Å². The molecule has 0 aromatic carbocycles. The normalized spacial score (nSPS) is 17.7.